The molecule has 3 nitrogen and oxygen atoms in total. The lowest BCUT2D eigenvalue weighted by molar-refractivity contribution is 0.274. The lowest BCUT2D eigenvalue weighted by Gasteiger charge is -2.19. The van der Waals surface area contributed by atoms with Crippen LogP contribution in [0.5, 0.6) is 0 Å². The van der Waals surface area contributed by atoms with E-state index in [1.807, 2.05) is 19.3 Å². The summed E-state index contributed by atoms with van der Waals surface area (Å²) < 4.78 is 0. The number of pyridine rings is 1. The highest BCUT2D eigenvalue weighted by Gasteiger charge is 2.09. The van der Waals surface area contributed by atoms with Crippen molar-refractivity contribution in [3.8, 4) is 0 Å². The lowest BCUT2D eigenvalue weighted by Crippen LogP contribution is -2.24. The van der Waals surface area contributed by atoms with Gasteiger partial charge in [0.2, 0.25) is 0 Å². The van der Waals surface area contributed by atoms with E-state index in [4.69, 9.17) is 0 Å². The van der Waals surface area contributed by atoms with E-state index in [-0.39, 0.29) is 0 Å². The molecule has 0 aromatic carbocycles. The van der Waals surface area contributed by atoms with Crippen LogP contribution in [0.4, 0.5) is 5.69 Å². The minimum Gasteiger partial charge on any atom is -0.388 e. The van der Waals surface area contributed by atoms with Crippen molar-refractivity contribution in [2.75, 3.05) is 25.5 Å². The second-order valence-electron chi connectivity index (χ2n) is 4.48. The van der Waals surface area contributed by atoms with Crippen molar-refractivity contribution in [2.24, 2.45) is 0 Å². The average molecular weight is 219 g/mol. The maximum absolute atomic E-state index is 4.43. The van der Waals surface area contributed by atoms with Crippen LogP contribution in [-0.4, -0.2) is 30.0 Å². The molecule has 1 aliphatic rings. The zero-order valence-electron chi connectivity index (χ0n) is 10.1. The van der Waals surface area contributed by atoms with Crippen LogP contribution in [0.1, 0.15) is 31.4 Å². The summed E-state index contributed by atoms with van der Waals surface area (Å²) in [5.74, 6) is 0. The van der Waals surface area contributed by atoms with Crippen molar-refractivity contribution >= 4 is 5.69 Å². The minimum absolute atomic E-state index is 0.996. The monoisotopic (exact) mass is 219 g/mol. The molecule has 2 heterocycles. The molecule has 0 radical (unpaired) electrons. The number of nitrogens with one attached hydrogen (secondary N) is 1. The summed E-state index contributed by atoms with van der Waals surface area (Å²) in [6, 6.07) is 4.15. The number of hydrogen-bond acceptors (Lipinski definition) is 3. The van der Waals surface area contributed by atoms with Crippen LogP contribution in [-0.2, 0) is 6.54 Å². The molecule has 1 fully saturated rings. The van der Waals surface area contributed by atoms with Gasteiger partial charge in [0.1, 0.15) is 0 Å². The average Bonchev–Trinajstić information content (AvgIpc) is 2.58. The largest absolute Gasteiger partial charge is 0.388 e. The molecular weight excluding hydrogens is 198 g/mol. The first-order valence-corrected chi connectivity index (χ1v) is 6.23. The third-order valence-corrected chi connectivity index (χ3v) is 3.19. The molecule has 1 aromatic rings. The number of likely N-dealkylation sites (tertiary alicyclic amines) is 1. The quantitative estimate of drug-likeness (QED) is 0.846. The fourth-order valence-corrected chi connectivity index (χ4v) is 2.24. The molecule has 0 saturated carbocycles. The number of anilines is 1. The van der Waals surface area contributed by atoms with E-state index in [1.165, 1.54) is 44.5 Å². The van der Waals surface area contributed by atoms with Gasteiger partial charge in [-0.2, -0.15) is 0 Å². The molecule has 2 rings (SSSR count). The maximum Gasteiger partial charge on any atom is 0.0564 e. The van der Waals surface area contributed by atoms with Crippen molar-refractivity contribution in [3.63, 3.8) is 0 Å². The van der Waals surface area contributed by atoms with Crippen LogP contribution in [0, 0.1) is 0 Å². The second-order valence-corrected chi connectivity index (χ2v) is 4.48. The van der Waals surface area contributed by atoms with Gasteiger partial charge in [0.25, 0.3) is 0 Å². The Labute approximate surface area is 97.9 Å². The van der Waals surface area contributed by atoms with E-state index >= 15 is 0 Å². The predicted octanol–water partition coefficient (Wildman–Crippen LogP) is 2.50. The van der Waals surface area contributed by atoms with Gasteiger partial charge in [-0.3, -0.25) is 9.88 Å². The highest BCUT2D eigenvalue weighted by atomic mass is 15.1. The van der Waals surface area contributed by atoms with E-state index in [9.17, 15) is 0 Å². The number of nitrogens with zero attached hydrogens (tertiary/aromatic N) is 2. The van der Waals surface area contributed by atoms with Gasteiger partial charge in [-0.1, -0.05) is 12.8 Å². The molecule has 1 aliphatic heterocycles. The molecule has 0 amide bonds. The first-order chi connectivity index (χ1) is 7.88. The summed E-state index contributed by atoms with van der Waals surface area (Å²) in [4.78, 5) is 6.95. The van der Waals surface area contributed by atoms with E-state index in [2.05, 4.69) is 21.3 Å². The Morgan fingerprint density at radius 3 is 2.69 bits per heavy atom. The Kier molecular flexibility index (Phi) is 4.17. The van der Waals surface area contributed by atoms with Crippen molar-refractivity contribution < 1.29 is 0 Å². The van der Waals surface area contributed by atoms with Crippen LogP contribution >= 0.6 is 0 Å². The second kappa shape index (κ2) is 5.85. The zero-order valence-corrected chi connectivity index (χ0v) is 10.1. The maximum atomic E-state index is 4.43. The van der Waals surface area contributed by atoms with E-state index < -0.39 is 0 Å². The third-order valence-electron chi connectivity index (χ3n) is 3.19. The number of rotatable bonds is 3. The van der Waals surface area contributed by atoms with Gasteiger partial charge in [0, 0.05) is 25.5 Å². The molecule has 0 atom stereocenters. The fourth-order valence-electron chi connectivity index (χ4n) is 2.24. The Hall–Kier alpha value is -1.09. The topological polar surface area (TPSA) is 28.2 Å². The first kappa shape index (κ1) is 11.4. The molecule has 88 valence electrons. The van der Waals surface area contributed by atoms with Gasteiger partial charge in [-0.15, -0.1) is 0 Å². The summed E-state index contributed by atoms with van der Waals surface area (Å²) in [7, 11) is 1.95. The molecule has 3 heteroatoms. The highest BCUT2D eigenvalue weighted by Crippen LogP contribution is 2.14. The first-order valence-electron chi connectivity index (χ1n) is 6.23. The zero-order chi connectivity index (χ0) is 11.2. The van der Waals surface area contributed by atoms with E-state index in [1.54, 1.807) is 0 Å². The molecular formula is C13H21N3. The Morgan fingerprint density at radius 1 is 1.25 bits per heavy atom. The molecule has 0 aliphatic carbocycles. The van der Waals surface area contributed by atoms with E-state index in [0.29, 0.717) is 0 Å². The lowest BCUT2D eigenvalue weighted by atomic mass is 10.2. The molecule has 1 aromatic heterocycles. The van der Waals surface area contributed by atoms with Gasteiger partial charge < -0.3 is 5.32 Å². The normalized spacial score (nSPS) is 18.1. The Bertz CT molecular complexity index is 317. The SMILES string of the molecule is CNc1ccnc(CN2CCCCCC2)c1. The van der Waals surface area contributed by atoms with Gasteiger partial charge in [0.05, 0.1) is 5.69 Å². The molecule has 0 unspecified atom stereocenters. The van der Waals surface area contributed by atoms with Gasteiger partial charge in [0.15, 0.2) is 0 Å². The molecule has 1 N–H and O–H groups in total. The van der Waals surface area contributed by atoms with Crippen LogP contribution < -0.4 is 5.32 Å². The fraction of sp³-hybridized carbons (Fsp3) is 0.615. The van der Waals surface area contributed by atoms with Crippen molar-refractivity contribution in [1.82, 2.24) is 9.88 Å². The smallest absolute Gasteiger partial charge is 0.0564 e. The Morgan fingerprint density at radius 2 is 2.00 bits per heavy atom. The predicted molar refractivity (Wildman–Crippen MR) is 67.5 cm³/mol. The molecule has 16 heavy (non-hydrogen) atoms. The molecule has 0 spiro atoms. The van der Waals surface area contributed by atoms with Crippen LogP contribution in [0.15, 0.2) is 18.3 Å². The number of hydrogen-bond donors (Lipinski definition) is 1. The van der Waals surface area contributed by atoms with E-state index in [0.717, 1.165) is 12.2 Å². The summed E-state index contributed by atoms with van der Waals surface area (Å²) in [5.41, 5.74) is 2.33. The van der Waals surface area contributed by atoms with Crippen LogP contribution in [0.3, 0.4) is 0 Å². The van der Waals surface area contributed by atoms with Crippen molar-refractivity contribution in [3.05, 3.63) is 24.0 Å². The standard InChI is InChI=1S/C13H21N3/c1-14-12-6-7-15-13(10-12)11-16-8-4-2-3-5-9-16/h6-7,10H,2-5,8-9,11H2,1H3,(H,14,15). The Balaban J connectivity index is 1.96. The third kappa shape index (κ3) is 3.20. The van der Waals surface area contributed by atoms with Crippen LogP contribution in [0.25, 0.3) is 0 Å². The van der Waals surface area contributed by atoms with Crippen LogP contribution in [0.2, 0.25) is 0 Å². The summed E-state index contributed by atoms with van der Waals surface area (Å²) in [6.07, 6.45) is 7.34. The summed E-state index contributed by atoms with van der Waals surface area (Å²) >= 11 is 0. The van der Waals surface area contributed by atoms with Gasteiger partial charge >= 0.3 is 0 Å². The van der Waals surface area contributed by atoms with Gasteiger partial charge in [-0.05, 0) is 38.1 Å². The number of aromatic nitrogens is 1. The minimum atomic E-state index is 0.996. The summed E-state index contributed by atoms with van der Waals surface area (Å²) in [6.45, 7) is 3.45. The highest BCUT2D eigenvalue weighted by molar-refractivity contribution is 5.42. The molecule has 1 saturated heterocycles. The summed E-state index contributed by atoms with van der Waals surface area (Å²) in [5, 5.41) is 3.16. The van der Waals surface area contributed by atoms with Crippen molar-refractivity contribution in [2.45, 2.75) is 32.2 Å². The van der Waals surface area contributed by atoms with Gasteiger partial charge in [-0.25, -0.2) is 0 Å². The molecule has 0 bridgehead atoms. The van der Waals surface area contributed by atoms with Crippen molar-refractivity contribution in [1.29, 1.82) is 0 Å².